The fraction of sp³-hybridized carbons (Fsp3) is 0.412. The summed E-state index contributed by atoms with van der Waals surface area (Å²) in [5.41, 5.74) is 4.25. The third-order valence-electron chi connectivity index (χ3n) is 4.74. The average molecular weight is 395 g/mol. The molecule has 1 saturated heterocycles. The Morgan fingerprint density at radius 2 is 1.52 bits per heavy atom. The van der Waals surface area contributed by atoms with Gasteiger partial charge in [0.15, 0.2) is 0 Å². The maximum atomic E-state index is 12.7. The monoisotopic (exact) mass is 395 g/mol. The topological polar surface area (TPSA) is 37.4 Å². The number of hydrogen-bond donors (Lipinski definition) is 0. The molecule has 0 radical (unpaired) electrons. The minimum absolute atomic E-state index is 0.0267. The van der Waals surface area contributed by atoms with Crippen LogP contribution in [0.25, 0.3) is 0 Å². The highest BCUT2D eigenvalue weighted by Crippen LogP contribution is 2.42. The summed E-state index contributed by atoms with van der Waals surface area (Å²) >= 11 is 2.24. The van der Waals surface area contributed by atoms with Crippen molar-refractivity contribution in [3.05, 3.63) is 38.5 Å². The molecule has 2 atom stereocenters. The Morgan fingerprint density at radius 3 is 2.00 bits per heavy atom. The van der Waals surface area contributed by atoms with Gasteiger partial charge >= 0.3 is 0 Å². The summed E-state index contributed by atoms with van der Waals surface area (Å²) in [6, 6.07) is 5.84. The zero-order valence-corrected chi connectivity index (χ0v) is 14.6. The van der Waals surface area contributed by atoms with Crippen LogP contribution in [0.4, 0.5) is 5.69 Å². The van der Waals surface area contributed by atoms with Crippen molar-refractivity contribution in [3.63, 3.8) is 0 Å². The van der Waals surface area contributed by atoms with Crippen LogP contribution in [0.2, 0.25) is 0 Å². The first kappa shape index (κ1) is 14.8. The maximum absolute atomic E-state index is 12.7. The molecule has 2 amide bonds. The Kier molecular flexibility index (Phi) is 3.67. The van der Waals surface area contributed by atoms with Gasteiger partial charge in [0.1, 0.15) is 0 Å². The number of carbonyl (C=O) groups is 2. The van der Waals surface area contributed by atoms with Crippen LogP contribution in [-0.2, 0) is 9.59 Å². The fourth-order valence-corrected chi connectivity index (χ4v) is 4.01. The number of halogens is 1. The molecule has 3 nitrogen and oxygen atoms in total. The van der Waals surface area contributed by atoms with Crippen molar-refractivity contribution in [1.82, 2.24) is 0 Å². The molecule has 0 aromatic heterocycles. The number of allylic oxidation sites excluding steroid dienone is 2. The second-order valence-corrected chi connectivity index (χ2v) is 7.37. The van der Waals surface area contributed by atoms with E-state index in [1.54, 1.807) is 0 Å². The first-order valence-electron chi connectivity index (χ1n) is 7.19. The van der Waals surface area contributed by atoms with E-state index < -0.39 is 0 Å². The van der Waals surface area contributed by atoms with Crippen LogP contribution in [0.5, 0.6) is 0 Å². The van der Waals surface area contributed by atoms with Crippen molar-refractivity contribution in [2.75, 3.05) is 4.90 Å². The molecule has 21 heavy (non-hydrogen) atoms. The number of hydrogen-bond acceptors (Lipinski definition) is 2. The zero-order valence-electron chi connectivity index (χ0n) is 12.4. The Hall–Kier alpha value is -1.17. The Labute approximate surface area is 138 Å². The first-order valence-corrected chi connectivity index (χ1v) is 8.27. The number of nitrogens with zero attached hydrogens (tertiary/aromatic N) is 1. The molecular weight excluding hydrogens is 377 g/mol. The molecule has 1 aromatic carbocycles. The van der Waals surface area contributed by atoms with Gasteiger partial charge < -0.3 is 0 Å². The molecule has 2 unspecified atom stereocenters. The minimum atomic E-state index is -0.167. The summed E-state index contributed by atoms with van der Waals surface area (Å²) in [5, 5.41) is 0. The molecule has 2 aliphatic rings. The molecule has 1 heterocycles. The lowest BCUT2D eigenvalue weighted by molar-refractivity contribution is -0.122. The van der Waals surface area contributed by atoms with Gasteiger partial charge in [0.25, 0.3) is 0 Å². The second-order valence-electron chi connectivity index (χ2n) is 6.12. The first-order chi connectivity index (χ1) is 9.90. The van der Waals surface area contributed by atoms with Gasteiger partial charge in [0.2, 0.25) is 11.8 Å². The quantitative estimate of drug-likeness (QED) is 0.412. The molecule has 1 aliphatic carbocycles. The van der Waals surface area contributed by atoms with Gasteiger partial charge in [0.05, 0.1) is 17.5 Å². The van der Waals surface area contributed by atoms with Crippen LogP contribution >= 0.6 is 22.6 Å². The summed E-state index contributed by atoms with van der Waals surface area (Å²) in [6.07, 6.45) is 1.45. The molecule has 110 valence electrons. The highest BCUT2D eigenvalue weighted by molar-refractivity contribution is 14.1. The number of rotatable bonds is 1. The largest absolute Gasteiger partial charge is 0.274 e. The van der Waals surface area contributed by atoms with Gasteiger partial charge in [0, 0.05) is 3.57 Å². The second kappa shape index (κ2) is 5.23. The summed E-state index contributed by atoms with van der Waals surface area (Å²) in [7, 11) is 0. The highest BCUT2D eigenvalue weighted by Gasteiger charge is 2.49. The molecule has 0 N–H and O–H groups in total. The highest BCUT2D eigenvalue weighted by atomic mass is 127. The molecule has 0 saturated carbocycles. The van der Waals surface area contributed by atoms with E-state index in [9.17, 15) is 9.59 Å². The molecule has 0 bridgehead atoms. The standard InChI is InChI=1S/C17H18INO2/c1-9-7-13-14(8-10(9)2)17(21)19(16(13)20)15-5-4-12(18)6-11(15)3/h4-6,13-14H,7-8H2,1-3H3. The van der Waals surface area contributed by atoms with Crippen LogP contribution in [0, 0.1) is 22.3 Å². The summed E-state index contributed by atoms with van der Waals surface area (Å²) in [5.74, 6) is -0.387. The van der Waals surface area contributed by atoms with Crippen LogP contribution in [0.15, 0.2) is 29.3 Å². The Morgan fingerprint density at radius 1 is 1.00 bits per heavy atom. The SMILES string of the molecule is CC1=C(C)CC2C(=O)N(c3ccc(I)cc3C)C(=O)C2C1. The third-order valence-corrected chi connectivity index (χ3v) is 5.41. The van der Waals surface area contributed by atoms with Crippen molar-refractivity contribution in [2.24, 2.45) is 11.8 Å². The third kappa shape index (κ3) is 2.33. The van der Waals surface area contributed by atoms with Gasteiger partial charge in [-0.15, -0.1) is 0 Å². The Bertz CT molecular complexity index is 645. The van der Waals surface area contributed by atoms with E-state index in [1.807, 2.05) is 25.1 Å². The number of fused-ring (bicyclic) bond motifs is 1. The van der Waals surface area contributed by atoms with Crippen molar-refractivity contribution >= 4 is 40.1 Å². The number of aryl methyl sites for hydroxylation is 1. The van der Waals surface area contributed by atoms with E-state index in [1.165, 1.54) is 16.0 Å². The molecule has 1 aliphatic heterocycles. The van der Waals surface area contributed by atoms with Crippen LogP contribution < -0.4 is 4.90 Å². The molecular formula is C17H18INO2. The fourth-order valence-electron chi connectivity index (χ4n) is 3.36. The molecule has 1 aromatic rings. The van der Waals surface area contributed by atoms with E-state index in [0.717, 1.165) is 27.7 Å². The van der Waals surface area contributed by atoms with Gasteiger partial charge in [-0.3, -0.25) is 9.59 Å². The summed E-state index contributed by atoms with van der Waals surface area (Å²) in [4.78, 5) is 26.9. The normalized spacial score (nSPS) is 25.6. The number of imide groups is 1. The molecule has 1 fully saturated rings. The Balaban J connectivity index is 2.00. The number of benzene rings is 1. The molecule has 0 spiro atoms. The van der Waals surface area contributed by atoms with Crippen molar-refractivity contribution in [3.8, 4) is 0 Å². The van der Waals surface area contributed by atoms with Crippen molar-refractivity contribution < 1.29 is 9.59 Å². The van der Waals surface area contributed by atoms with E-state index in [-0.39, 0.29) is 23.7 Å². The smallest absolute Gasteiger partial charge is 0.238 e. The number of amides is 2. The average Bonchev–Trinajstić information content (AvgIpc) is 2.64. The predicted octanol–water partition coefficient (Wildman–Crippen LogP) is 3.84. The van der Waals surface area contributed by atoms with Gasteiger partial charge in [-0.05, 0) is 80.0 Å². The molecule has 3 rings (SSSR count). The zero-order chi connectivity index (χ0) is 15.3. The van der Waals surface area contributed by atoms with Gasteiger partial charge in [-0.25, -0.2) is 4.90 Å². The van der Waals surface area contributed by atoms with Crippen molar-refractivity contribution in [1.29, 1.82) is 0 Å². The summed E-state index contributed by atoms with van der Waals surface area (Å²) < 4.78 is 1.11. The van der Waals surface area contributed by atoms with Crippen LogP contribution in [0.1, 0.15) is 32.3 Å². The van der Waals surface area contributed by atoms with E-state index >= 15 is 0 Å². The van der Waals surface area contributed by atoms with Crippen LogP contribution in [-0.4, -0.2) is 11.8 Å². The van der Waals surface area contributed by atoms with E-state index in [4.69, 9.17) is 0 Å². The van der Waals surface area contributed by atoms with Gasteiger partial charge in [-0.2, -0.15) is 0 Å². The van der Waals surface area contributed by atoms with E-state index in [2.05, 4.69) is 36.4 Å². The minimum Gasteiger partial charge on any atom is -0.274 e. The summed E-state index contributed by atoms with van der Waals surface area (Å²) in [6.45, 7) is 6.10. The predicted molar refractivity (Wildman–Crippen MR) is 91.0 cm³/mol. The van der Waals surface area contributed by atoms with Crippen LogP contribution in [0.3, 0.4) is 0 Å². The van der Waals surface area contributed by atoms with Gasteiger partial charge in [-0.1, -0.05) is 11.1 Å². The van der Waals surface area contributed by atoms with E-state index in [0.29, 0.717) is 0 Å². The lowest BCUT2D eigenvalue weighted by atomic mass is 9.78. The number of anilines is 1. The maximum Gasteiger partial charge on any atom is 0.238 e. The number of carbonyl (C=O) groups excluding carboxylic acids is 2. The molecule has 4 heteroatoms. The lowest BCUT2D eigenvalue weighted by Crippen LogP contribution is -2.31. The lowest BCUT2D eigenvalue weighted by Gasteiger charge is -2.23. The van der Waals surface area contributed by atoms with Crippen molar-refractivity contribution in [2.45, 2.75) is 33.6 Å².